The lowest BCUT2D eigenvalue weighted by molar-refractivity contribution is 0.0786. The number of amides is 1. The van der Waals surface area contributed by atoms with E-state index in [0.717, 1.165) is 5.56 Å². The minimum atomic E-state index is -0.211. The maximum absolute atomic E-state index is 12.4. The summed E-state index contributed by atoms with van der Waals surface area (Å²) < 4.78 is 0. The number of carbonyl (C=O) groups is 1. The van der Waals surface area contributed by atoms with E-state index in [0.29, 0.717) is 28.4 Å². The first kappa shape index (κ1) is 14.9. The molecule has 5 heteroatoms. The van der Waals surface area contributed by atoms with Gasteiger partial charge in [-0.1, -0.05) is 23.7 Å². The lowest BCUT2D eigenvalue weighted by atomic mass is 10.1. The fourth-order valence-electron chi connectivity index (χ4n) is 2.00. The minimum absolute atomic E-state index is 0.211. The molecule has 0 radical (unpaired) electrons. The van der Waals surface area contributed by atoms with Gasteiger partial charge in [-0.15, -0.1) is 0 Å². The average Bonchev–Trinajstić information content (AvgIpc) is 2.49. The first-order chi connectivity index (χ1) is 10.0. The number of hydrogen-bond acceptors (Lipinski definition) is 3. The molecule has 0 unspecified atom stereocenters. The molecule has 0 spiro atoms. The van der Waals surface area contributed by atoms with Gasteiger partial charge >= 0.3 is 0 Å². The number of rotatable bonds is 3. The molecule has 0 saturated carbocycles. The van der Waals surface area contributed by atoms with Crippen molar-refractivity contribution in [3.05, 3.63) is 64.2 Å². The monoisotopic (exact) mass is 299 g/mol. The quantitative estimate of drug-likeness (QED) is 0.885. The molecule has 0 aliphatic carbocycles. The van der Waals surface area contributed by atoms with Gasteiger partial charge in [-0.05, 0) is 35.9 Å². The van der Waals surface area contributed by atoms with E-state index in [1.54, 1.807) is 48.3 Å². The molecule has 2 aromatic rings. The Labute approximate surface area is 128 Å². The second kappa shape index (κ2) is 6.29. The fraction of sp³-hybridized carbons (Fsp3) is 0.125. The number of nitrogens with zero attached hydrogens (tertiary/aromatic N) is 2. The second-order valence-electron chi connectivity index (χ2n) is 4.70. The van der Waals surface area contributed by atoms with E-state index in [1.807, 2.05) is 6.07 Å². The van der Waals surface area contributed by atoms with E-state index in [2.05, 4.69) is 6.07 Å². The summed E-state index contributed by atoms with van der Waals surface area (Å²) >= 11 is 5.90. The maximum Gasteiger partial charge on any atom is 0.256 e. The molecule has 2 rings (SSSR count). The van der Waals surface area contributed by atoms with Gasteiger partial charge in [-0.25, -0.2) is 0 Å². The molecule has 4 nitrogen and oxygen atoms in total. The molecule has 0 aromatic heterocycles. The Hall–Kier alpha value is -2.51. The zero-order chi connectivity index (χ0) is 15.4. The van der Waals surface area contributed by atoms with Crippen LogP contribution in [-0.2, 0) is 6.54 Å². The Kier molecular flexibility index (Phi) is 4.46. The SMILES string of the molecule is CN(Cc1cccc(C#N)c1)C(=O)c1cc(Cl)ccc1N. The highest BCUT2D eigenvalue weighted by atomic mass is 35.5. The molecule has 1 amide bonds. The van der Waals surface area contributed by atoms with Crippen LogP contribution in [0.3, 0.4) is 0 Å². The Bertz CT molecular complexity index is 722. The van der Waals surface area contributed by atoms with Crippen molar-refractivity contribution in [2.45, 2.75) is 6.54 Å². The topological polar surface area (TPSA) is 70.1 Å². The van der Waals surface area contributed by atoms with Crippen LogP contribution in [0.5, 0.6) is 0 Å². The van der Waals surface area contributed by atoms with Crippen LogP contribution < -0.4 is 5.73 Å². The summed E-state index contributed by atoms with van der Waals surface area (Å²) in [5.41, 5.74) is 8.03. The summed E-state index contributed by atoms with van der Waals surface area (Å²) in [6.07, 6.45) is 0. The minimum Gasteiger partial charge on any atom is -0.398 e. The number of halogens is 1. The van der Waals surface area contributed by atoms with Crippen molar-refractivity contribution in [2.75, 3.05) is 12.8 Å². The molecular weight excluding hydrogens is 286 g/mol. The third-order valence-electron chi connectivity index (χ3n) is 3.07. The summed E-state index contributed by atoms with van der Waals surface area (Å²) in [6, 6.07) is 14.0. The molecule has 0 atom stereocenters. The zero-order valence-corrected chi connectivity index (χ0v) is 12.3. The van der Waals surface area contributed by atoms with Crippen molar-refractivity contribution in [1.82, 2.24) is 4.90 Å². The molecule has 0 bridgehead atoms. The van der Waals surface area contributed by atoms with E-state index < -0.39 is 0 Å². The standard InChI is InChI=1S/C16H14ClN3O/c1-20(10-12-4-2-3-11(7-12)9-18)16(21)14-8-13(17)5-6-15(14)19/h2-8H,10,19H2,1H3. The predicted octanol–water partition coefficient (Wildman–Crippen LogP) is 3.07. The van der Waals surface area contributed by atoms with Gasteiger partial charge in [0, 0.05) is 24.3 Å². The normalized spacial score (nSPS) is 9.95. The molecule has 0 heterocycles. The summed E-state index contributed by atoms with van der Waals surface area (Å²) in [5, 5.41) is 9.35. The van der Waals surface area contributed by atoms with Crippen LogP contribution in [0.15, 0.2) is 42.5 Å². The number of anilines is 1. The predicted molar refractivity (Wildman–Crippen MR) is 82.8 cm³/mol. The van der Waals surface area contributed by atoms with Crippen molar-refractivity contribution < 1.29 is 4.79 Å². The van der Waals surface area contributed by atoms with E-state index in [1.165, 1.54) is 0 Å². The van der Waals surface area contributed by atoms with E-state index >= 15 is 0 Å². The number of carbonyl (C=O) groups excluding carboxylic acids is 1. The van der Waals surface area contributed by atoms with Crippen LogP contribution in [0.4, 0.5) is 5.69 Å². The van der Waals surface area contributed by atoms with Gasteiger partial charge in [0.2, 0.25) is 0 Å². The zero-order valence-electron chi connectivity index (χ0n) is 11.5. The van der Waals surface area contributed by atoms with Crippen LogP contribution in [0.2, 0.25) is 5.02 Å². The Morgan fingerprint density at radius 3 is 2.81 bits per heavy atom. The Morgan fingerprint density at radius 1 is 1.33 bits per heavy atom. The van der Waals surface area contributed by atoms with Crippen molar-refractivity contribution in [3.63, 3.8) is 0 Å². The van der Waals surface area contributed by atoms with Crippen molar-refractivity contribution >= 4 is 23.2 Å². The highest BCUT2D eigenvalue weighted by Gasteiger charge is 2.15. The Morgan fingerprint density at radius 2 is 2.10 bits per heavy atom. The van der Waals surface area contributed by atoms with E-state index in [-0.39, 0.29) is 5.91 Å². The van der Waals surface area contributed by atoms with Gasteiger partial charge in [-0.3, -0.25) is 4.79 Å². The van der Waals surface area contributed by atoms with Gasteiger partial charge in [-0.2, -0.15) is 5.26 Å². The number of hydrogen-bond donors (Lipinski definition) is 1. The van der Waals surface area contributed by atoms with Gasteiger partial charge in [0.1, 0.15) is 0 Å². The van der Waals surface area contributed by atoms with Crippen LogP contribution in [0.1, 0.15) is 21.5 Å². The fourth-order valence-corrected chi connectivity index (χ4v) is 2.18. The maximum atomic E-state index is 12.4. The van der Waals surface area contributed by atoms with E-state index in [9.17, 15) is 4.79 Å². The van der Waals surface area contributed by atoms with E-state index in [4.69, 9.17) is 22.6 Å². The molecule has 0 fully saturated rings. The largest absolute Gasteiger partial charge is 0.398 e. The summed E-state index contributed by atoms with van der Waals surface area (Å²) in [5.74, 6) is -0.211. The molecule has 0 aliphatic rings. The first-order valence-electron chi connectivity index (χ1n) is 6.31. The number of nitriles is 1. The number of benzene rings is 2. The van der Waals surface area contributed by atoms with Crippen LogP contribution >= 0.6 is 11.6 Å². The molecule has 106 valence electrons. The van der Waals surface area contributed by atoms with Crippen molar-refractivity contribution in [1.29, 1.82) is 5.26 Å². The van der Waals surface area contributed by atoms with Crippen molar-refractivity contribution in [2.24, 2.45) is 0 Å². The number of nitrogen functional groups attached to an aromatic ring is 1. The third-order valence-corrected chi connectivity index (χ3v) is 3.30. The average molecular weight is 300 g/mol. The van der Waals surface area contributed by atoms with Gasteiger partial charge in [0.25, 0.3) is 5.91 Å². The second-order valence-corrected chi connectivity index (χ2v) is 5.14. The molecule has 0 aliphatic heterocycles. The highest BCUT2D eigenvalue weighted by molar-refractivity contribution is 6.31. The Balaban J connectivity index is 2.19. The smallest absolute Gasteiger partial charge is 0.256 e. The van der Waals surface area contributed by atoms with Gasteiger partial charge < -0.3 is 10.6 Å². The van der Waals surface area contributed by atoms with Crippen LogP contribution in [0.25, 0.3) is 0 Å². The van der Waals surface area contributed by atoms with Crippen LogP contribution in [0, 0.1) is 11.3 Å². The first-order valence-corrected chi connectivity index (χ1v) is 6.68. The summed E-state index contributed by atoms with van der Waals surface area (Å²) in [4.78, 5) is 13.9. The lowest BCUT2D eigenvalue weighted by Crippen LogP contribution is -2.27. The molecule has 0 saturated heterocycles. The lowest BCUT2D eigenvalue weighted by Gasteiger charge is -2.18. The van der Waals surface area contributed by atoms with Gasteiger partial charge in [0.15, 0.2) is 0 Å². The summed E-state index contributed by atoms with van der Waals surface area (Å²) in [6.45, 7) is 0.389. The van der Waals surface area contributed by atoms with Crippen LogP contribution in [-0.4, -0.2) is 17.9 Å². The van der Waals surface area contributed by atoms with Crippen molar-refractivity contribution in [3.8, 4) is 6.07 Å². The highest BCUT2D eigenvalue weighted by Crippen LogP contribution is 2.20. The van der Waals surface area contributed by atoms with Gasteiger partial charge in [0.05, 0.1) is 17.2 Å². The molecule has 2 N–H and O–H groups in total. The summed E-state index contributed by atoms with van der Waals surface area (Å²) in [7, 11) is 1.68. The molecular formula is C16H14ClN3O. The number of nitrogens with two attached hydrogens (primary N) is 1. The third kappa shape index (κ3) is 3.53. The molecule has 21 heavy (non-hydrogen) atoms. The molecule has 2 aromatic carbocycles.